The minimum Gasteiger partial charge on any atom is -0.423 e. The quantitative estimate of drug-likeness (QED) is 0.366. The van der Waals surface area contributed by atoms with Crippen LogP contribution >= 0.6 is 0 Å². The van der Waals surface area contributed by atoms with Gasteiger partial charge in [0.15, 0.2) is 0 Å². The molecule has 5 rings (SSSR count). The molecule has 0 saturated heterocycles. The molecule has 0 fully saturated rings. The van der Waals surface area contributed by atoms with Gasteiger partial charge in [0.25, 0.3) is 5.95 Å². The van der Waals surface area contributed by atoms with Gasteiger partial charge in [0, 0.05) is 37.0 Å². The van der Waals surface area contributed by atoms with E-state index in [2.05, 4.69) is 27.9 Å². The van der Waals surface area contributed by atoms with Crippen LogP contribution in [0.1, 0.15) is 16.8 Å². The van der Waals surface area contributed by atoms with Crippen molar-refractivity contribution in [2.75, 3.05) is 11.9 Å². The molecule has 2 aromatic carbocycles. The third kappa shape index (κ3) is 3.43. The summed E-state index contributed by atoms with van der Waals surface area (Å²) in [7, 11) is -1.56. The molecule has 0 saturated carbocycles. The van der Waals surface area contributed by atoms with Crippen molar-refractivity contribution in [2.24, 2.45) is 0 Å². The molecule has 0 spiro atoms. The highest BCUT2D eigenvalue weighted by molar-refractivity contribution is 6.61. The average molecular weight is 400 g/mol. The van der Waals surface area contributed by atoms with E-state index in [1.807, 2.05) is 24.3 Å². The smallest absolute Gasteiger partial charge is 0.423 e. The van der Waals surface area contributed by atoms with Crippen molar-refractivity contribution in [3.8, 4) is 5.95 Å². The van der Waals surface area contributed by atoms with Crippen molar-refractivity contribution in [3.05, 3.63) is 71.5 Å². The molecule has 8 nitrogen and oxygen atoms in total. The van der Waals surface area contributed by atoms with Crippen molar-refractivity contribution in [1.29, 1.82) is 0 Å². The first-order valence-electron chi connectivity index (χ1n) is 9.92. The number of nitrogens with one attached hydrogen (secondary N) is 2. The summed E-state index contributed by atoms with van der Waals surface area (Å²) in [6.07, 6.45) is 2.43. The lowest BCUT2D eigenvalue weighted by Crippen LogP contribution is -2.30. The van der Waals surface area contributed by atoms with Crippen molar-refractivity contribution in [1.82, 2.24) is 25.1 Å². The second-order valence-electron chi connectivity index (χ2n) is 7.27. The van der Waals surface area contributed by atoms with Gasteiger partial charge in [0.05, 0.1) is 17.4 Å². The Balaban J connectivity index is 1.58. The Labute approximate surface area is 173 Å². The topological polar surface area (TPSA) is 108 Å². The van der Waals surface area contributed by atoms with Gasteiger partial charge in [-0.1, -0.05) is 42.5 Å². The summed E-state index contributed by atoms with van der Waals surface area (Å²) in [6.45, 7) is 2.24. The molecule has 0 bridgehead atoms. The van der Waals surface area contributed by atoms with Crippen molar-refractivity contribution >= 4 is 29.3 Å². The number of aromatic nitrogens is 4. The van der Waals surface area contributed by atoms with Crippen LogP contribution in [0.3, 0.4) is 0 Å². The monoisotopic (exact) mass is 400 g/mol. The summed E-state index contributed by atoms with van der Waals surface area (Å²) in [5.41, 5.74) is 4.37. The van der Waals surface area contributed by atoms with Gasteiger partial charge in [-0.2, -0.15) is 14.8 Å². The Hall–Kier alpha value is -3.27. The summed E-state index contributed by atoms with van der Waals surface area (Å²) in [5, 5.41) is 31.3. The third-order valence-electron chi connectivity index (χ3n) is 5.34. The van der Waals surface area contributed by atoms with Crippen LogP contribution in [0.4, 0.5) is 5.82 Å². The highest BCUT2D eigenvalue weighted by Gasteiger charge is 2.21. The summed E-state index contributed by atoms with van der Waals surface area (Å²) >= 11 is 0. The minimum absolute atomic E-state index is 0.406. The van der Waals surface area contributed by atoms with E-state index in [1.165, 1.54) is 5.56 Å². The zero-order valence-corrected chi connectivity index (χ0v) is 16.3. The predicted octanol–water partition coefficient (Wildman–Crippen LogP) is 0.753. The maximum Gasteiger partial charge on any atom is 0.489 e. The first-order chi connectivity index (χ1) is 14.7. The van der Waals surface area contributed by atoms with E-state index in [1.54, 1.807) is 23.0 Å². The Morgan fingerprint density at radius 1 is 1.07 bits per heavy atom. The fraction of sp³-hybridized carbons (Fsp3) is 0.190. The number of nitrogens with zero attached hydrogens (tertiary/aromatic N) is 4. The fourth-order valence-electron chi connectivity index (χ4n) is 3.81. The van der Waals surface area contributed by atoms with Crippen molar-refractivity contribution < 1.29 is 10.0 Å². The Morgan fingerprint density at radius 3 is 2.77 bits per heavy atom. The molecule has 2 aromatic heterocycles. The lowest BCUT2D eigenvalue weighted by molar-refractivity contribution is 0.426. The standard InChI is InChI=1S/C21H21BN6O2/c29-22(30)17-7-4-8-19-15(17)13-25-28(19)21-26-18-9-10-23-12-16(18)20(27-21)24-11-14-5-2-1-3-6-14/h1-8,13,23,29-30H,9-12H2,(H,24,26,27). The zero-order chi connectivity index (χ0) is 20.5. The van der Waals surface area contributed by atoms with Crippen LogP contribution in [0.5, 0.6) is 0 Å². The predicted molar refractivity (Wildman–Crippen MR) is 116 cm³/mol. The maximum absolute atomic E-state index is 9.65. The van der Waals surface area contributed by atoms with Crippen LogP contribution in [-0.2, 0) is 19.5 Å². The van der Waals surface area contributed by atoms with Gasteiger partial charge in [0.1, 0.15) is 5.82 Å². The van der Waals surface area contributed by atoms with Crippen molar-refractivity contribution in [3.63, 3.8) is 0 Å². The molecule has 4 N–H and O–H groups in total. The average Bonchev–Trinajstić information content (AvgIpc) is 3.22. The molecular weight excluding hydrogens is 379 g/mol. The fourth-order valence-corrected chi connectivity index (χ4v) is 3.81. The number of hydrogen-bond acceptors (Lipinski definition) is 7. The molecule has 150 valence electrons. The van der Waals surface area contributed by atoms with E-state index >= 15 is 0 Å². The van der Waals surface area contributed by atoms with E-state index in [-0.39, 0.29) is 0 Å². The Bertz CT molecular complexity index is 1200. The van der Waals surface area contributed by atoms with Gasteiger partial charge in [-0.05, 0) is 17.1 Å². The second-order valence-corrected chi connectivity index (χ2v) is 7.27. The molecule has 9 heteroatoms. The molecular formula is C21H21BN6O2. The molecule has 1 aliphatic heterocycles. The molecule has 0 amide bonds. The molecule has 3 heterocycles. The van der Waals surface area contributed by atoms with Crippen LogP contribution in [-0.4, -0.2) is 43.5 Å². The molecule has 1 aliphatic rings. The van der Waals surface area contributed by atoms with Gasteiger partial charge < -0.3 is 20.7 Å². The largest absolute Gasteiger partial charge is 0.489 e. The summed E-state index contributed by atoms with van der Waals surface area (Å²) in [5.74, 6) is 1.25. The van der Waals surface area contributed by atoms with Crippen molar-refractivity contribution in [2.45, 2.75) is 19.5 Å². The van der Waals surface area contributed by atoms with Gasteiger partial charge >= 0.3 is 7.12 Å². The Kier molecular flexibility index (Phi) is 4.92. The van der Waals surface area contributed by atoms with E-state index in [0.29, 0.717) is 29.9 Å². The molecule has 0 aliphatic carbocycles. The molecule has 0 radical (unpaired) electrons. The van der Waals surface area contributed by atoms with E-state index < -0.39 is 7.12 Å². The van der Waals surface area contributed by atoms with E-state index in [0.717, 1.165) is 35.6 Å². The number of fused-ring (bicyclic) bond motifs is 2. The van der Waals surface area contributed by atoms with Gasteiger partial charge in [-0.25, -0.2) is 4.98 Å². The SMILES string of the molecule is OB(O)c1cccc2c1cnn2-c1nc2c(c(NCc3ccccc3)n1)CNCC2. The molecule has 0 unspecified atom stereocenters. The van der Waals surface area contributed by atoms with Gasteiger partial charge in [0.2, 0.25) is 0 Å². The van der Waals surface area contributed by atoms with Gasteiger partial charge in [-0.3, -0.25) is 0 Å². The maximum atomic E-state index is 9.65. The highest BCUT2D eigenvalue weighted by Crippen LogP contribution is 2.23. The third-order valence-corrected chi connectivity index (χ3v) is 5.34. The zero-order valence-electron chi connectivity index (χ0n) is 16.3. The van der Waals surface area contributed by atoms with Crippen LogP contribution in [0.15, 0.2) is 54.7 Å². The second kappa shape index (κ2) is 7.87. The summed E-state index contributed by atoms with van der Waals surface area (Å²) in [4.78, 5) is 9.56. The first-order valence-corrected chi connectivity index (χ1v) is 9.92. The summed E-state index contributed by atoms with van der Waals surface area (Å²) in [6, 6.07) is 15.5. The first kappa shape index (κ1) is 18.7. The lowest BCUT2D eigenvalue weighted by atomic mass is 9.78. The number of anilines is 1. The summed E-state index contributed by atoms with van der Waals surface area (Å²) < 4.78 is 1.65. The molecule has 4 aromatic rings. The van der Waals surface area contributed by atoms with Gasteiger partial charge in [-0.15, -0.1) is 0 Å². The lowest BCUT2D eigenvalue weighted by Gasteiger charge is -2.21. The normalized spacial score (nSPS) is 13.3. The van der Waals surface area contributed by atoms with Crippen LogP contribution in [0, 0.1) is 0 Å². The number of hydrogen-bond donors (Lipinski definition) is 4. The molecule has 30 heavy (non-hydrogen) atoms. The minimum atomic E-state index is -1.56. The number of benzene rings is 2. The van der Waals surface area contributed by atoms with E-state index in [4.69, 9.17) is 9.97 Å². The number of rotatable bonds is 5. The Morgan fingerprint density at radius 2 is 1.93 bits per heavy atom. The van der Waals surface area contributed by atoms with Crippen LogP contribution in [0.25, 0.3) is 16.9 Å². The van der Waals surface area contributed by atoms with E-state index in [9.17, 15) is 10.0 Å². The van der Waals surface area contributed by atoms with Crippen LogP contribution in [0.2, 0.25) is 0 Å². The van der Waals surface area contributed by atoms with Crippen LogP contribution < -0.4 is 16.1 Å². The molecule has 0 atom stereocenters. The highest BCUT2D eigenvalue weighted by atomic mass is 16.4.